The van der Waals surface area contributed by atoms with Gasteiger partial charge < -0.3 is 0 Å². The van der Waals surface area contributed by atoms with Gasteiger partial charge >= 0.3 is 0 Å². The quantitative estimate of drug-likeness (QED) is 0.444. The summed E-state index contributed by atoms with van der Waals surface area (Å²) in [5, 5.41) is 0. The molecule has 0 aromatic heterocycles. The van der Waals surface area contributed by atoms with E-state index in [4.69, 9.17) is 0 Å². The minimum atomic E-state index is -0.105. The molecule has 0 bridgehead atoms. The predicted octanol–water partition coefficient (Wildman–Crippen LogP) is 3.83. The van der Waals surface area contributed by atoms with E-state index in [-0.39, 0.29) is 11.8 Å². The van der Waals surface area contributed by atoms with Crippen LogP contribution in [0.4, 0.5) is 0 Å². The fraction of sp³-hybridized carbons (Fsp3) is 0.750. The Morgan fingerprint density at radius 1 is 0.895 bits per heavy atom. The number of hydrogen-bond donors (Lipinski definition) is 0. The van der Waals surface area contributed by atoms with Gasteiger partial charge in [-0.3, -0.25) is 14.5 Å². The average Bonchev–Trinajstić information content (AvgIpc) is 2.67. The molecule has 0 saturated carbocycles. The molecule has 1 rings (SSSR count). The lowest BCUT2D eigenvalue weighted by atomic mass is 10.1. The summed E-state index contributed by atoms with van der Waals surface area (Å²) in [4.78, 5) is 25.3. The lowest BCUT2D eigenvalue weighted by Gasteiger charge is -2.14. The first kappa shape index (κ1) is 15.9. The number of nitrogens with zero attached hydrogens (tertiary/aromatic N) is 1. The first-order valence-corrected chi connectivity index (χ1v) is 7.77. The Labute approximate surface area is 117 Å². The van der Waals surface area contributed by atoms with Crippen LogP contribution in [0.5, 0.6) is 0 Å². The average molecular weight is 265 g/mol. The molecule has 0 saturated heterocycles. The maximum Gasteiger partial charge on any atom is 0.256 e. The van der Waals surface area contributed by atoms with E-state index in [0.29, 0.717) is 6.54 Å². The molecule has 0 fully saturated rings. The van der Waals surface area contributed by atoms with Gasteiger partial charge in [0.15, 0.2) is 0 Å². The summed E-state index contributed by atoms with van der Waals surface area (Å²) < 4.78 is 0. The molecule has 19 heavy (non-hydrogen) atoms. The van der Waals surface area contributed by atoms with Gasteiger partial charge in [-0.1, -0.05) is 52.4 Å². The molecule has 0 spiro atoms. The molecule has 0 N–H and O–H groups in total. The normalized spacial score (nSPS) is 15.3. The molecule has 1 heterocycles. The minimum absolute atomic E-state index is 0.0435. The van der Waals surface area contributed by atoms with Crippen LogP contribution in [0.2, 0.25) is 0 Å². The van der Waals surface area contributed by atoms with Crippen molar-refractivity contribution in [3.63, 3.8) is 0 Å². The van der Waals surface area contributed by atoms with E-state index >= 15 is 0 Å². The van der Waals surface area contributed by atoms with Crippen LogP contribution in [0.3, 0.4) is 0 Å². The Morgan fingerprint density at radius 2 is 1.53 bits per heavy atom. The summed E-state index contributed by atoms with van der Waals surface area (Å²) in [5.41, 5.74) is 0.719. The molecular weight excluding hydrogens is 238 g/mol. The summed E-state index contributed by atoms with van der Waals surface area (Å²) in [6.45, 7) is 4.91. The molecule has 0 aromatic carbocycles. The third-order valence-electron chi connectivity index (χ3n) is 3.62. The van der Waals surface area contributed by atoms with Gasteiger partial charge in [-0.15, -0.1) is 0 Å². The van der Waals surface area contributed by atoms with E-state index in [1.165, 1.54) is 30.6 Å². The molecule has 0 atom stereocenters. The van der Waals surface area contributed by atoms with Crippen LogP contribution in [-0.4, -0.2) is 23.3 Å². The van der Waals surface area contributed by atoms with Gasteiger partial charge in [0, 0.05) is 18.2 Å². The van der Waals surface area contributed by atoms with Gasteiger partial charge in [0.05, 0.1) is 0 Å². The van der Waals surface area contributed by atoms with E-state index in [0.717, 1.165) is 37.7 Å². The fourth-order valence-corrected chi connectivity index (χ4v) is 2.39. The molecule has 1 aliphatic heterocycles. The Balaban J connectivity index is 2.31. The van der Waals surface area contributed by atoms with Crippen molar-refractivity contribution in [3.05, 3.63) is 11.6 Å². The molecule has 0 aromatic rings. The van der Waals surface area contributed by atoms with Gasteiger partial charge in [0.1, 0.15) is 0 Å². The molecule has 1 aliphatic rings. The van der Waals surface area contributed by atoms with Gasteiger partial charge in [-0.25, -0.2) is 0 Å². The molecular formula is C16H27NO2. The number of carbonyl (C=O) groups is 2. The first-order valence-electron chi connectivity index (χ1n) is 7.77. The standard InChI is InChI=1S/C16H27NO2/c1-3-5-7-9-11-14-13-15(18)17(16(14)19)12-10-8-6-4-2/h13H,3-12H2,1-2H3. The number of hydrogen-bond acceptors (Lipinski definition) is 2. The van der Waals surface area contributed by atoms with Crippen molar-refractivity contribution in [2.24, 2.45) is 0 Å². The van der Waals surface area contributed by atoms with E-state index in [1.54, 1.807) is 6.08 Å². The smallest absolute Gasteiger partial charge is 0.256 e. The van der Waals surface area contributed by atoms with Crippen LogP contribution in [0, 0.1) is 0 Å². The van der Waals surface area contributed by atoms with Crippen molar-refractivity contribution < 1.29 is 9.59 Å². The summed E-state index contributed by atoms with van der Waals surface area (Å²) in [5.74, 6) is -0.148. The van der Waals surface area contributed by atoms with Crippen molar-refractivity contribution in [2.45, 2.75) is 71.6 Å². The Hall–Kier alpha value is -1.12. The minimum Gasteiger partial charge on any atom is -0.275 e. The van der Waals surface area contributed by atoms with Crippen molar-refractivity contribution >= 4 is 11.8 Å². The van der Waals surface area contributed by atoms with Gasteiger partial charge in [0.25, 0.3) is 11.8 Å². The molecule has 3 nitrogen and oxygen atoms in total. The third-order valence-corrected chi connectivity index (χ3v) is 3.62. The highest BCUT2D eigenvalue weighted by molar-refractivity contribution is 6.16. The maximum absolute atomic E-state index is 12.1. The number of unbranched alkanes of at least 4 members (excludes halogenated alkanes) is 6. The number of imide groups is 1. The SMILES string of the molecule is CCCCCCC1=CC(=O)N(CCCCCC)C1=O. The zero-order chi connectivity index (χ0) is 14.1. The van der Waals surface area contributed by atoms with Gasteiger partial charge in [-0.2, -0.15) is 0 Å². The lowest BCUT2D eigenvalue weighted by Crippen LogP contribution is -2.32. The number of carbonyl (C=O) groups excluding carboxylic acids is 2. The molecule has 0 radical (unpaired) electrons. The van der Waals surface area contributed by atoms with Crippen LogP contribution in [0.1, 0.15) is 71.6 Å². The van der Waals surface area contributed by atoms with Crippen LogP contribution in [0.15, 0.2) is 11.6 Å². The highest BCUT2D eigenvalue weighted by Crippen LogP contribution is 2.19. The third kappa shape index (κ3) is 5.17. The monoisotopic (exact) mass is 265 g/mol. The van der Waals surface area contributed by atoms with Crippen molar-refractivity contribution in [1.29, 1.82) is 0 Å². The van der Waals surface area contributed by atoms with Crippen molar-refractivity contribution in [3.8, 4) is 0 Å². The molecule has 0 aliphatic carbocycles. The van der Waals surface area contributed by atoms with Crippen LogP contribution in [0.25, 0.3) is 0 Å². The van der Waals surface area contributed by atoms with Gasteiger partial charge in [0.2, 0.25) is 0 Å². The Kier molecular flexibility index (Phi) is 7.46. The number of rotatable bonds is 10. The summed E-state index contributed by atoms with van der Waals surface area (Å²) >= 11 is 0. The molecule has 3 heteroatoms. The second kappa shape index (κ2) is 8.89. The zero-order valence-corrected chi connectivity index (χ0v) is 12.4. The van der Waals surface area contributed by atoms with Crippen LogP contribution < -0.4 is 0 Å². The topological polar surface area (TPSA) is 37.4 Å². The highest BCUT2D eigenvalue weighted by Gasteiger charge is 2.29. The molecule has 108 valence electrons. The maximum atomic E-state index is 12.1. The summed E-state index contributed by atoms with van der Waals surface area (Å²) in [6.07, 6.45) is 11.2. The summed E-state index contributed by atoms with van der Waals surface area (Å²) in [6, 6.07) is 0. The van der Waals surface area contributed by atoms with E-state index < -0.39 is 0 Å². The number of amides is 2. The van der Waals surface area contributed by atoms with Crippen LogP contribution in [-0.2, 0) is 9.59 Å². The Morgan fingerprint density at radius 3 is 2.16 bits per heavy atom. The Bertz CT molecular complexity index is 334. The summed E-state index contributed by atoms with van der Waals surface area (Å²) in [7, 11) is 0. The molecule has 2 amide bonds. The van der Waals surface area contributed by atoms with Crippen LogP contribution >= 0.6 is 0 Å². The lowest BCUT2D eigenvalue weighted by molar-refractivity contribution is -0.137. The van der Waals surface area contributed by atoms with Gasteiger partial charge in [-0.05, 0) is 19.3 Å². The molecule has 0 unspecified atom stereocenters. The van der Waals surface area contributed by atoms with E-state index in [9.17, 15) is 9.59 Å². The van der Waals surface area contributed by atoms with Crippen molar-refractivity contribution in [2.75, 3.05) is 6.54 Å². The second-order valence-corrected chi connectivity index (χ2v) is 5.34. The first-order chi connectivity index (χ1) is 9.20. The van der Waals surface area contributed by atoms with Crippen molar-refractivity contribution in [1.82, 2.24) is 4.90 Å². The van der Waals surface area contributed by atoms with E-state index in [2.05, 4.69) is 13.8 Å². The van der Waals surface area contributed by atoms with E-state index in [1.807, 2.05) is 0 Å². The fourth-order valence-electron chi connectivity index (χ4n) is 2.39. The zero-order valence-electron chi connectivity index (χ0n) is 12.4. The second-order valence-electron chi connectivity index (χ2n) is 5.34. The largest absolute Gasteiger partial charge is 0.275 e. The highest BCUT2D eigenvalue weighted by atomic mass is 16.2. The predicted molar refractivity (Wildman–Crippen MR) is 77.7 cm³/mol.